The summed E-state index contributed by atoms with van der Waals surface area (Å²) in [5.41, 5.74) is 0.825. The molecule has 0 aliphatic rings. The standard InChI is InChI=1S/C10H9BrO3/c11-8-3-1-2-7(4-8)5-9(12)6-10(13)14/h1-4H,5-6H2,(H,13,14). The van der Waals surface area contributed by atoms with Gasteiger partial charge in [0.2, 0.25) is 0 Å². The van der Waals surface area contributed by atoms with Gasteiger partial charge in [-0.2, -0.15) is 0 Å². The summed E-state index contributed by atoms with van der Waals surface area (Å²) in [7, 11) is 0. The van der Waals surface area contributed by atoms with Crippen LogP contribution < -0.4 is 0 Å². The Labute approximate surface area is 89.9 Å². The van der Waals surface area contributed by atoms with Crippen LogP contribution in [0.2, 0.25) is 0 Å². The van der Waals surface area contributed by atoms with Crippen molar-refractivity contribution in [2.75, 3.05) is 0 Å². The van der Waals surface area contributed by atoms with Gasteiger partial charge in [-0.3, -0.25) is 9.59 Å². The van der Waals surface area contributed by atoms with E-state index in [0.717, 1.165) is 10.0 Å². The van der Waals surface area contributed by atoms with Crippen LogP contribution in [-0.2, 0) is 16.0 Å². The third-order valence-electron chi connectivity index (χ3n) is 1.64. The van der Waals surface area contributed by atoms with Crippen LogP contribution >= 0.6 is 15.9 Å². The molecule has 0 aliphatic carbocycles. The van der Waals surface area contributed by atoms with E-state index in [1.54, 1.807) is 12.1 Å². The van der Waals surface area contributed by atoms with Gasteiger partial charge in [0.05, 0.1) is 0 Å². The second-order valence-corrected chi connectivity index (χ2v) is 3.83. The van der Waals surface area contributed by atoms with E-state index in [1.165, 1.54) is 0 Å². The summed E-state index contributed by atoms with van der Waals surface area (Å²) in [6.07, 6.45) is -0.238. The summed E-state index contributed by atoms with van der Waals surface area (Å²) in [5, 5.41) is 8.39. The van der Waals surface area contributed by atoms with Crippen molar-refractivity contribution in [2.24, 2.45) is 0 Å². The van der Waals surface area contributed by atoms with Crippen molar-refractivity contribution < 1.29 is 14.7 Å². The third kappa shape index (κ3) is 3.70. The van der Waals surface area contributed by atoms with Crippen LogP contribution in [0.25, 0.3) is 0 Å². The molecule has 1 aromatic rings. The summed E-state index contributed by atoms with van der Waals surface area (Å²) in [6.45, 7) is 0. The Hall–Kier alpha value is -1.16. The average molecular weight is 257 g/mol. The minimum absolute atomic E-state index is 0.172. The highest BCUT2D eigenvalue weighted by Crippen LogP contribution is 2.12. The number of rotatable bonds is 4. The van der Waals surface area contributed by atoms with Crippen molar-refractivity contribution in [1.82, 2.24) is 0 Å². The number of carboxylic acids is 1. The van der Waals surface area contributed by atoms with Crippen LogP contribution in [0, 0.1) is 0 Å². The average Bonchev–Trinajstić information content (AvgIpc) is 2.01. The predicted octanol–water partition coefficient (Wildman–Crippen LogP) is 2.04. The van der Waals surface area contributed by atoms with Gasteiger partial charge in [0.1, 0.15) is 12.2 Å². The molecule has 0 spiro atoms. The van der Waals surface area contributed by atoms with Crippen LogP contribution in [0.15, 0.2) is 28.7 Å². The smallest absolute Gasteiger partial charge is 0.310 e. The van der Waals surface area contributed by atoms with Gasteiger partial charge in [-0.05, 0) is 17.7 Å². The van der Waals surface area contributed by atoms with Gasteiger partial charge in [0.15, 0.2) is 0 Å². The van der Waals surface area contributed by atoms with Gasteiger partial charge < -0.3 is 5.11 Å². The van der Waals surface area contributed by atoms with E-state index in [0.29, 0.717) is 0 Å². The number of benzene rings is 1. The van der Waals surface area contributed by atoms with Gasteiger partial charge >= 0.3 is 5.97 Å². The number of carbonyl (C=O) groups excluding carboxylic acids is 1. The highest BCUT2D eigenvalue weighted by Gasteiger charge is 2.08. The summed E-state index contributed by atoms with van der Waals surface area (Å²) in [5.74, 6) is -1.36. The number of Topliss-reactive ketones (excluding diaryl/α,β-unsaturated/α-hetero) is 1. The molecule has 0 aliphatic heterocycles. The van der Waals surface area contributed by atoms with Crippen LogP contribution in [0.5, 0.6) is 0 Å². The summed E-state index contributed by atoms with van der Waals surface area (Å²) in [6, 6.07) is 7.27. The SMILES string of the molecule is O=C(O)CC(=O)Cc1cccc(Br)c1. The molecule has 1 rings (SSSR count). The minimum Gasteiger partial charge on any atom is -0.481 e. The van der Waals surface area contributed by atoms with Crippen molar-refractivity contribution in [2.45, 2.75) is 12.8 Å². The molecule has 0 radical (unpaired) electrons. The number of aliphatic carboxylic acids is 1. The van der Waals surface area contributed by atoms with Gasteiger partial charge in [-0.15, -0.1) is 0 Å². The van der Waals surface area contributed by atoms with Crippen LogP contribution in [0.3, 0.4) is 0 Å². The zero-order valence-electron chi connectivity index (χ0n) is 7.37. The normalized spacial score (nSPS) is 9.79. The zero-order chi connectivity index (χ0) is 10.6. The number of halogens is 1. The second-order valence-electron chi connectivity index (χ2n) is 2.92. The fraction of sp³-hybridized carbons (Fsp3) is 0.200. The molecule has 0 saturated carbocycles. The van der Waals surface area contributed by atoms with Crippen molar-refractivity contribution in [3.05, 3.63) is 34.3 Å². The van der Waals surface area contributed by atoms with Crippen molar-refractivity contribution >= 4 is 27.7 Å². The first-order chi connectivity index (χ1) is 6.58. The molecule has 0 amide bonds. The zero-order valence-corrected chi connectivity index (χ0v) is 8.95. The van der Waals surface area contributed by atoms with Crippen molar-refractivity contribution in [3.63, 3.8) is 0 Å². The van der Waals surface area contributed by atoms with E-state index in [4.69, 9.17) is 5.11 Å². The minimum atomic E-state index is -1.08. The van der Waals surface area contributed by atoms with E-state index < -0.39 is 12.4 Å². The molecule has 0 saturated heterocycles. The topological polar surface area (TPSA) is 54.4 Å². The maximum absolute atomic E-state index is 11.1. The molecule has 3 nitrogen and oxygen atoms in total. The molecule has 1 aromatic carbocycles. The first-order valence-electron chi connectivity index (χ1n) is 4.06. The third-order valence-corrected chi connectivity index (χ3v) is 2.13. The molecule has 0 aromatic heterocycles. The maximum atomic E-state index is 11.1. The van der Waals surface area contributed by atoms with Gasteiger partial charge in [0.25, 0.3) is 0 Å². The Kier molecular flexibility index (Phi) is 3.83. The lowest BCUT2D eigenvalue weighted by atomic mass is 10.1. The number of hydrogen-bond acceptors (Lipinski definition) is 2. The molecule has 14 heavy (non-hydrogen) atoms. The first-order valence-corrected chi connectivity index (χ1v) is 4.85. The predicted molar refractivity (Wildman–Crippen MR) is 55.1 cm³/mol. The van der Waals surface area contributed by atoms with E-state index in [2.05, 4.69) is 15.9 Å². The van der Waals surface area contributed by atoms with E-state index in [-0.39, 0.29) is 12.2 Å². The van der Waals surface area contributed by atoms with Crippen LogP contribution in [0.1, 0.15) is 12.0 Å². The van der Waals surface area contributed by atoms with Gasteiger partial charge in [-0.1, -0.05) is 28.1 Å². The highest BCUT2D eigenvalue weighted by molar-refractivity contribution is 9.10. The van der Waals surface area contributed by atoms with E-state index in [1.807, 2.05) is 12.1 Å². The van der Waals surface area contributed by atoms with Crippen LogP contribution in [-0.4, -0.2) is 16.9 Å². The number of ketones is 1. The van der Waals surface area contributed by atoms with Gasteiger partial charge in [-0.25, -0.2) is 0 Å². The molecule has 0 unspecified atom stereocenters. The number of carbonyl (C=O) groups is 2. The Morgan fingerprint density at radius 1 is 1.36 bits per heavy atom. The molecule has 0 atom stereocenters. The second kappa shape index (κ2) is 4.91. The molecular formula is C10H9BrO3. The molecule has 1 N–H and O–H groups in total. The van der Waals surface area contributed by atoms with Crippen molar-refractivity contribution in [3.8, 4) is 0 Å². The molecule has 0 fully saturated rings. The quantitative estimate of drug-likeness (QED) is 0.839. The molecule has 4 heteroatoms. The lowest BCUT2D eigenvalue weighted by molar-refractivity contribution is -0.140. The van der Waals surface area contributed by atoms with Crippen molar-refractivity contribution in [1.29, 1.82) is 0 Å². The van der Waals surface area contributed by atoms with Gasteiger partial charge in [0, 0.05) is 10.9 Å². The van der Waals surface area contributed by atoms with E-state index >= 15 is 0 Å². The highest BCUT2D eigenvalue weighted by atomic mass is 79.9. The lowest BCUT2D eigenvalue weighted by Crippen LogP contribution is -2.09. The Balaban J connectivity index is 2.60. The number of hydrogen-bond donors (Lipinski definition) is 1. The number of carboxylic acid groups (broad SMARTS) is 1. The monoisotopic (exact) mass is 256 g/mol. The van der Waals surface area contributed by atoms with Crippen LogP contribution in [0.4, 0.5) is 0 Å². The Morgan fingerprint density at radius 3 is 2.64 bits per heavy atom. The Morgan fingerprint density at radius 2 is 2.07 bits per heavy atom. The van der Waals surface area contributed by atoms with E-state index in [9.17, 15) is 9.59 Å². The fourth-order valence-corrected chi connectivity index (χ4v) is 1.55. The Bertz CT molecular complexity index is 360. The molecule has 74 valence electrons. The molecular weight excluding hydrogens is 248 g/mol. The lowest BCUT2D eigenvalue weighted by Gasteiger charge is -1.99. The largest absolute Gasteiger partial charge is 0.481 e. The molecule has 0 bridgehead atoms. The maximum Gasteiger partial charge on any atom is 0.310 e. The summed E-state index contributed by atoms with van der Waals surface area (Å²) < 4.78 is 0.887. The molecule has 0 heterocycles. The summed E-state index contributed by atoms with van der Waals surface area (Å²) >= 11 is 3.28. The first kappa shape index (κ1) is 10.9. The fourth-order valence-electron chi connectivity index (χ4n) is 1.11. The summed E-state index contributed by atoms with van der Waals surface area (Å²) in [4.78, 5) is 21.4.